The first kappa shape index (κ1) is 11.5. The van der Waals surface area contributed by atoms with Gasteiger partial charge in [0.05, 0.1) is 20.2 Å². The molecule has 90 valence electrons. The summed E-state index contributed by atoms with van der Waals surface area (Å²) in [5.74, 6) is 0.534. The highest BCUT2D eigenvalue weighted by molar-refractivity contribution is 7.19. The molecular formula is C13H15ClN2S. The van der Waals surface area contributed by atoms with Gasteiger partial charge in [-0.3, -0.25) is 0 Å². The Bertz CT molecular complexity index is 537. The van der Waals surface area contributed by atoms with Crippen LogP contribution in [0, 0.1) is 0 Å². The van der Waals surface area contributed by atoms with E-state index in [4.69, 9.17) is 22.3 Å². The highest BCUT2D eigenvalue weighted by atomic mass is 35.5. The molecule has 1 saturated carbocycles. The summed E-state index contributed by atoms with van der Waals surface area (Å²) in [4.78, 5) is 4.71. The minimum absolute atomic E-state index is 0.344. The maximum atomic E-state index is 6.18. The van der Waals surface area contributed by atoms with E-state index in [-0.39, 0.29) is 0 Å². The lowest BCUT2D eigenvalue weighted by Crippen LogP contribution is -2.26. The smallest absolute Gasteiger partial charge is 0.0970 e. The van der Waals surface area contributed by atoms with Crippen LogP contribution in [-0.4, -0.2) is 11.0 Å². The molecule has 0 saturated heterocycles. The van der Waals surface area contributed by atoms with Gasteiger partial charge in [0, 0.05) is 12.0 Å². The number of thiazole rings is 1. The molecule has 0 spiro atoms. The van der Waals surface area contributed by atoms with E-state index in [0.29, 0.717) is 12.0 Å². The molecule has 2 nitrogen and oxygen atoms in total. The molecule has 1 aromatic heterocycles. The lowest BCUT2D eigenvalue weighted by atomic mass is 9.87. The summed E-state index contributed by atoms with van der Waals surface area (Å²) < 4.78 is 1.11. The van der Waals surface area contributed by atoms with Crippen LogP contribution in [0.2, 0.25) is 5.02 Å². The maximum absolute atomic E-state index is 6.18. The fraction of sp³-hybridized carbons (Fsp3) is 0.462. The first-order valence-electron chi connectivity index (χ1n) is 6.04. The Morgan fingerprint density at radius 2 is 2.24 bits per heavy atom. The molecule has 4 heteroatoms. The van der Waals surface area contributed by atoms with Gasteiger partial charge in [-0.1, -0.05) is 24.1 Å². The third-order valence-electron chi connectivity index (χ3n) is 3.45. The van der Waals surface area contributed by atoms with Crippen LogP contribution in [0.4, 0.5) is 0 Å². The predicted molar refractivity (Wildman–Crippen MR) is 73.8 cm³/mol. The van der Waals surface area contributed by atoms with Crippen LogP contribution in [-0.2, 0) is 0 Å². The zero-order valence-electron chi connectivity index (χ0n) is 9.53. The fourth-order valence-electron chi connectivity index (χ4n) is 2.56. The van der Waals surface area contributed by atoms with Gasteiger partial charge in [-0.25, -0.2) is 4.98 Å². The summed E-state index contributed by atoms with van der Waals surface area (Å²) in [5.41, 5.74) is 7.06. The SMILES string of the molecule is NC1CCCC(c2nc3cccc(Cl)c3s2)C1. The number of aromatic nitrogens is 1. The van der Waals surface area contributed by atoms with Crippen molar-refractivity contribution in [1.82, 2.24) is 4.98 Å². The van der Waals surface area contributed by atoms with E-state index in [0.717, 1.165) is 28.1 Å². The average molecular weight is 267 g/mol. The third kappa shape index (κ3) is 2.19. The second kappa shape index (κ2) is 4.56. The van der Waals surface area contributed by atoms with E-state index in [2.05, 4.69) is 0 Å². The molecule has 0 bridgehead atoms. The zero-order valence-corrected chi connectivity index (χ0v) is 11.1. The lowest BCUT2D eigenvalue weighted by molar-refractivity contribution is 0.393. The maximum Gasteiger partial charge on any atom is 0.0970 e. The normalized spacial score (nSPS) is 25.3. The van der Waals surface area contributed by atoms with E-state index in [9.17, 15) is 0 Å². The van der Waals surface area contributed by atoms with E-state index >= 15 is 0 Å². The first-order valence-corrected chi connectivity index (χ1v) is 7.24. The lowest BCUT2D eigenvalue weighted by Gasteiger charge is -2.24. The second-order valence-corrected chi connectivity index (χ2v) is 6.20. The third-order valence-corrected chi connectivity index (χ3v) is 5.14. The monoisotopic (exact) mass is 266 g/mol. The molecule has 0 aliphatic heterocycles. The second-order valence-electron chi connectivity index (χ2n) is 4.76. The number of nitrogens with zero attached hydrogens (tertiary/aromatic N) is 1. The van der Waals surface area contributed by atoms with Crippen molar-refractivity contribution < 1.29 is 0 Å². The summed E-state index contributed by atoms with van der Waals surface area (Å²) in [6.07, 6.45) is 4.65. The van der Waals surface area contributed by atoms with Crippen LogP contribution in [0.3, 0.4) is 0 Å². The molecular weight excluding hydrogens is 252 g/mol. The molecule has 0 amide bonds. The molecule has 1 aliphatic rings. The van der Waals surface area contributed by atoms with Crippen molar-refractivity contribution in [2.45, 2.75) is 37.6 Å². The minimum Gasteiger partial charge on any atom is -0.328 e. The Hall–Kier alpha value is -0.640. The van der Waals surface area contributed by atoms with Crippen LogP contribution in [0.25, 0.3) is 10.2 Å². The molecule has 2 atom stereocenters. The Labute approximate surface area is 110 Å². The standard InChI is InChI=1S/C13H15ClN2S/c14-10-5-2-6-11-12(10)17-13(16-11)8-3-1-4-9(15)7-8/h2,5-6,8-9H,1,3-4,7,15H2. The van der Waals surface area contributed by atoms with Crippen molar-refractivity contribution in [3.8, 4) is 0 Å². The van der Waals surface area contributed by atoms with Crippen LogP contribution in [0.15, 0.2) is 18.2 Å². The van der Waals surface area contributed by atoms with Crippen LogP contribution >= 0.6 is 22.9 Å². The molecule has 2 N–H and O–H groups in total. The first-order chi connectivity index (χ1) is 8.24. The number of halogens is 1. The Morgan fingerprint density at radius 3 is 3.00 bits per heavy atom. The van der Waals surface area contributed by atoms with E-state index in [1.165, 1.54) is 17.8 Å². The van der Waals surface area contributed by atoms with Gasteiger partial charge in [0.25, 0.3) is 0 Å². The fourth-order valence-corrected chi connectivity index (χ4v) is 3.96. The summed E-state index contributed by atoms with van der Waals surface area (Å²) in [6, 6.07) is 6.26. The van der Waals surface area contributed by atoms with E-state index in [1.54, 1.807) is 11.3 Å². The van der Waals surface area contributed by atoms with Gasteiger partial charge in [0.15, 0.2) is 0 Å². The topological polar surface area (TPSA) is 38.9 Å². The van der Waals surface area contributed by atoms with Gasteiger partial charge in [0.2, 0.25) is 0 Å². The largest absolute Gasteiger partial charge is 0.328 e. The molecule has 1 heterocycles. The van der Waals surface area contributed by atoms with E-state index in [1.807, 2.05) is 18.2 Å². The number of benzene rings is 1. The van der Waals surface area contributed by atoms with Crippen LogP contribution in [0.1, 0.15) is 36.6 Å². The van der Waals surface area contributed by atoms with Gasteiger partial charge >= 0.3 is 0 Å². The number of hydrogen-bond acceptors (Lipinski definition) is 3. The van der Waals surface area contributed by atoms with Crippen molar-refractivity contribution in [1.29, 1.82) is 0 Å². The molecule has 1 fully saturated rings. The molecule has 1 aromatic carbocycles. The van der Waals surface area contributed by atoms with Crippen LogP contribution < -0.4 is 5.73 Å². The quantitative estimate of drug-likeness (QED) is 0.849. The molecule has 1 aliphatic carbocycles. The number of nitrogens with two attached hydrogens (primary N) is 1. The summed E-state index contributed by atoms with van der Waals surface area (Å²) in [7, 11) is 0. The van der Waals surface area contributed by atoms with Crippen molar-refractivity contribution in [3.63, 3.8) is 0 Å². The van der Waals surface area contributed by atoms with E-state index < -0.39 is 0 Å². The number of rotatable bonds is 1. The van der Waals surface area contributed by atoms with Crippen molar-refractivity contribution >= 4 is 33.2 Å². The molecule has 2 aromatic rings. The van der Waals surface area contributed by atoms with Gasteiger partial charge in [-0.2, -0.15) is 0 Å². The zero-order chi connectivity index (χ0) is 11.8. The van der Waals surface area contributed by atoms with Gasteiger partial charge in [0.1, 0.15) is 0 Å². The summed E-state index contributed by atoms with van der Waals surface area (Å²) in [6.45, 7) is 0. The number of hydrogen-bond donors (Lipinski definition) is 1. The average Bonchev–Trinajstić information content (AvgIpc) is 2.74. The van der Waals surface area contributed by atoms with Gasteiger partial charge in [-0.05, 0) is 31.4 Å². The molecule has 0 radical (unpaired) electrons. The number of fused-ring (bicyclic) bond motifs is 1. The highest BCUT2D eigenvalue weighted by Gasteiger charge is 2.23. The van der Waals surface area contributed by atoms with Gasteiger partial charge < -0.3 is 5.73 Å². The Balaban J connectivity index is 1.97. The van der Waals surface area contributed by atoms with Crippen LogP contribution in [0.5, 0.6) is 0 Å². The van der Waals surface area contributed by atoms with Crippen molar-refractivity contribution in [2.24, 2.45) is 5.73 Å². The predicted octanol–water partition coefficient (Wildman–Crippen LogP) is 3.93. The Morgan fingerprint density at radius 1 is 1.35 bits per heavy atom. The summed E-state index contributed by atoms with van der Waals surface area (Å²) in [5, 5.41) is 2.02. The van der Waals surface area contributed by atoms with Crippen molar-refractivity contribution in [3.05, 3.63) is 28.2 Å². The van der Waals surface area contributed by atoms with Crippen molar-refractivity contribution in [2.75, 3.05) is 0 Å². The minimum atomic E-state index is 0.344. The Kier molecular flexibility index (Phi) is 3.07. The molecule has 17 heavy (non-hydrogen) atoms. The molecule has 2 unspecified atom stereocenters. The molecule has 3 rings (SSSR count). The van der Waals surface area contributed by atoms with Gasteiger partial charge in [-0.15, -0.1) is 11.3 Å². The highest BCUT2D eigenvalue weighted by Crippen LogP contribution is 2.38. The summed E-state index contributed by atoms with van der Waals surface area (Å²) >= 11 is 7.92.